The Morgan fingerprint density at radius 3 is 3.16 bits per heavy atom. The van der Waals surface area contributed by atoms with Crippen LogP contribution in [0.15, 0.2) is 40.5 Å². The maximum Gasteiger partial charge on any atom is 0.247 e. The summed E-state index contributed by atoms with van der Waals surface area (Å²) in [4.78, 5) is 4.22. The summed E-state index contributed by atoms with van der Waals surface area (Å²) >= 11 is 1.68. The summed E-state index contributed by atoms with van der Waals surface area (Å²) in [6.07, 6.45) is 9.58. The van der Waals surface area contributed by atoms with Gasteiger partial charge in [-0.15, -0.1) is 11.3 Å². The van der Waals surface area contributed by atoms with Crippen LogP contribution in [0.5, 0.6) is 0 Å². The van der Waals surface area contributed by atoms with Crippen LogP contribution in [0.1, 0.15) is 17.7 Å². The summed E-state index contributed by atoms with van der Waals surface area (Å²) in [5, 5.41) is 7.89. The molecule has 0 fully saturated rings. The third-order valence-corrected chi connectivity index (χ3v) is 4.05. The minimum absolute atomic E-state index is 0.582. The molecule has 19 heavy (non-hydrogen) atoms. The van der Waals surface area contributed by atoms with Crippen LogP contribution in [0.4, 0.5) is 0 Å². The molecule has 0 saturated heterocycles. The lowest BCUT2D eigenvalue weighted by Gasteiger charge is -2.08. The van der Waals surface area contributed by atoms with Crippen molar-refractivity contribution in [2.75, 3.05) is 0 Å². The van der Waals surface area contributed by atoms with Crippen molar-refractivity contribution >= 4 is 17.4 Å². The van der Waals surface area contributed by atoms with Gasteiger partial charge in [0, 0.05) is 5.56 Å². The summed E-state index contributed by atoms with van der Waals surface area (Å²) in [6.45, 7) is 0. The molecule has 3 heterocycles. The number of fused-ring (bicyclic) bond motifs is 1. The van der Waals surface area contributed by atoms with E-state index in [0.717, 1.165) is 29.1 Å². The van der Waals surface area contributed by atoms with E-state index >= 15 is 0 Å². The minimum Gasteiger partial charge on any atom is -0.443 e. The lowest BCUT2D eigenvalue weighted by Crippen LogP contribution is -2.02. The number of allylic oxidation sites excluding steroid dienone is 1. The van der Waals surface area contributed by atoms with Crippen LogP contribution in [0.25, 0.3) is 22.7 Å². The summed E-state index contributed by atoms with van der Waals surface area (Å²) < 4.78 is 7.42. The van der Waals surface area contributed by atoms with Gasteiger partial charge in [0.05, 0.1) is 11.9 Å². The van der Waals surface area contributed by atoms with Gasteiger partial charge in [-0.05, 0) is 30.4 Å². The number of aromatic nitrogens is 3. The van der Waals surface area contributed by atoms with Crippen LogP contribution < -0.4 is 0 Å². The van der Waals surface area contributed by atoms with Crippen LogP contribution in [0.3, 0.4) is 0 Å². The fraction of sp³-hybridized carbons (Fsp3) is 0.143. The molecule has 1 aliphatic rings. The van der Waals surface area contributed by atoms with Crippen molar-refractivity contribution < 1.29 is 4.42 Å². The minimum atomic E-state index is 0.582. The second kappa shape index (κ2) is 4.20. The van der Waals surface area contributed by atoms with Gasteiger partial charge in [-0.25, -0.2) is 9.67 Å². The first-order valence-corrected chi connectivity index (χ1v) is 7.03. The van der Waals surface area contributed by atoms with Crippen molar-refractivity contribution in [3.8, 4) is 16.6 Å². The fourth-order valence-corrected chi connectivity index (χ4v) is 3.08. The highest BCUT2D eigenvalue weighted by atomic mass is 32.1. The summed E-state index contributed by atoms with van der Waals surface area (Å²) in [6, 6.07) is 4.12. The number of hydrogen-bond acceptors (Lipinski definition) is 4. The van der Waals surface area contributed by atoms with Crippen LogP contribution >= 0.6 is 11.3 Å². The van der Waals surface area contributed by atoms with E-state index in [4.69, 9.17) is 9.52 Å². The van der Waals surface area contributed by atoms with Gasteiger partial charge in [0.1, 0.15) is 11.3 Å². The number of hydrogen-bond donors (Lipinski definition) is 0. The van der Waals surface area contributed by atoms with E-state index in [2.05, 4.69) is 28.6 Å². The molecule has 0 N–H and O–H groups in total. The first kappa shape index (κ1) is 10.8. The summed E-state index contributed by atoms with van der Waals surface area (Å²) in [7, 11) is 0. The molecule has 0 bridgehead atoms. The van der Waals surface area contributed by atoms with Crippen LogP contribution in [0.2, 0.25) is 0 Å². The molecule has 5 heteroatoms. The molecule has 94 valence electrons. The molecule has 3 aromatic heterocycles. The zero-order chi connectivity index (χ0) is 12.7. The van der Waals surface area contributed by atoms with Crippen molar-refractivity contribution in [1.82, 2.24) is 14.8 Å². The highest BCUT2D eigenvalue weighted by Crippen LogP contribution is 2.32. The Kier molecular flexibility index (Phi) is 2.38. The van der Waals surface area contributed by atoms with Crippen molar-refractivity contribution in [2.45, 2.75) is 12.8 Å². The summed E-state index contributed by atoms with van der Waals surface area (Å²) in [5.41, 5.74) is 3.18. The highest BCUT2D eigenvalue weighted by molar-refractivity contribution is 7.12. The molecular weight excluding hydrogens is 258 g/mol. The number of oxazole rings is 1. The van der Waals surface area contributed by atoms with E-state index in [1.54, 1.807) is 23.8 Å². The van der Waals surface area contributed by atoms with E-state index in [1.807, 2.05) is 10.7 Å². The fourth-order valence-electron chi connectivity index (χ4n) is 2.37. The van der Waals surface area contributed by atoms with Gasteiger partial charge in [-0.3, -0.25) is 0 Å². The molecule has 0 unspecified atom stereocenters. The second-order valence-corrected chi connectivity index (χ2v) is 5.28. The molecule has 0 aliphatic heterocycles. The molecule has 4 rings (SSSR count). The number of rotatable bonds is 2. The van der Waals surface area contributed by atoms with Crippen molar-refractivity contribution in [3.63, 3.8) is 0 Å². The predicted octanol–water partition coefficient (Wildman–Crippen LogP) is 3.55. The van der Waals surface area contributed by atoms with Crippen molar-refractivity contribution in [2.24, 2.45) is 0 Å². The molecule has 1 aliphatic carbocycles. The molecule has 0 aromatic carbocycles. The van der Waals surface area contributed by atoms with Crippen LogP contribution in [-0.2, 0) is 6.42 Å². The third-order valence-electron chi connectivity index (χ3n) is 3.20. The predicted molar refractivity (Wildman–Crippen MR) is 74.3 cm³/mol. The Bertz CT molecular complexity index is 723. The van der Waals surface area contributed by atoms with E-state index < -0.39 is 0 Å². The van der Waals surface area contributed by atoms with Gasteiger partial charge in [0.15, 0.2) is 5.69 Å². The maximum atomic E-state index is 5.40. The van der Waals surface area contributed by atoms with Crippen molar-refractivity contribution in [1.29, 1.82) is 0 Å². The normalized spacial score (nSPS) is 13.7. The lowest BCUT2D eigenvalue weighted by molar-refractivity contribution is 0.571. The van der Waals surface area contributed by atoms with E-state index in [0.29, 0.717) is 5.89 Å². The Labute approximate surface area is 114 Å². The van der Waals surface area contributed by atoms with E-state index in [1.165, 1.54) is 5.69 Å². The van der Waals surface area contributed by atoms with Crippen LogP contribution in [-0.4, -0.2) is 14.8 Å². The number of thiophene rings is 1. The molecule has 0 saturated carbocycles. The largest absolute Gasteiger partial charge is 0.443 e. The van der Waals surface area contributed by atoms with Gasteiger partial charge in [0.2, 0.25) is 5.89 Å². The molecule has 0 amide bonds. The second-order valence-electron chi connectivity index (χ2n) is 4.35. The third kappa shape index (κ3) is 1.66. The summed E-state index contributed by atoms with van der Waals surface area (Å²) in [5.74, 6) is 0.582. The zero-order valence-corrected chi connectivity index (χ0v) is 10.9. The van der Waals surface area contributed by atoms with Gasteiger partial charge in [0.25, 0.3) is 0 Å². The Morgan fingerprint density at radius 2 is 2.37 bits per heavy atom. The SMILES string of the molecule is C1=Cc2c(-c3ncco3)nn(-c3cccs3)c2CC1. The Hall–Kier alpha value is -2.14. The van der Waals surface area contributed by atoms with E-state index in [-0.39, 0.29) is 0 Å². The smallest absolute Gasteiger partial charge is 0.247 e. The highest BCUT2D eigenvalue weighted by Gasteiger charge is 2.22. The van der Waals surface area contributed by atoms with Gasteiger partial charge < -0.3 is 4.42 Å². The standard InChI is InChI=1S/C14H11N3OS/c1-2-5-11-10(4-1)13(14-15-7-8-18-14)16-17(11)12-6-3-9-19-12/h1,3-4,6-9H,2,5H2. The average Bonchev–Trinajstić information content (AvgIpc) is 3.18. The quantitative estimate of drug-likeness (QED) is 0.714. The average molecular weight is 269 g/mol. The molecule has 0 radical (unpaired) electrons. The Morgan fingerprint density at radius 1 is 1.37 bits per heavy atom. The first-order chi connectivity index (χ1) is 9.43. The van der Waals surface area contributed by atoms with Crippen molar-refractivity contribution in [3.05, 3.63) is 47.3 Å². The molecule has 0 spiro atoms. The van der Waals surface area contributed by atoms with Crippen LogP contribution in [0, 0.1) is 0 Å². The monoisotopic (exact) mass is 269 g/mol. The topological polar surface area (TPSA) is 43.9 Å². The number of nitrogens with zero attached hydrogens (tertiary/aromatic N) is 3. The van der Waals surface area contributed by atoms with E-state index in [9.17, 15) is 0 Å². The van der Waals surface area contributed by atoms with Gasteiger partial charge in [-0.2, -0.15) is 5.10 Å². The molecule has 3 aromatic rings. The first-order valence-electron chi connectivity index (χ1n) is 6.15. The zero-order valence-electron chi connectivity index (χ0n) is 10.1. The van der Waals surface area contributed by atoms with Gasteiger partial charge in [-0.1, -0.05) is 12.2 Å². The molecule has 4 nitrogen and oxygen atoms in total. The Balaban J connectivity index is 1.97. The lowest BCUT2D eigenvalue weighted by atomic mass is 10.0. The molecule has 0 atom stereocenters. The molecular formula is C14H11N3OS. The maximum absolute atomic E-state index is 5.40. The van der Waals surface area contributed by atoms with Gasteiger partial charge >= 0.3 is 0 Å².